The van der Waals surface area contributed by atoms with Gasteiger partial charge in [-0.25, -0.2) is 17.9 Å². The van der Waals surface area contributed by atoms with E-state index in [1.54, 1.807) is 4.90 Å². The molecule has 1 aromatic carbocycles. The first-order valence-corrected chi connectivity index (χ1v) is 9.30. The Bertz CT molecular complexity index is 613. The lowest BCUT2D eigenvalue weighted by molar-refractivity contribution is 0.178. The molecule has 7 heteroatoms. The van der Waals surface area contributed by atoms with Crippen molar-refractivity contribution in [2.45, 2.75) is 19.8 Å². The number of anilines is 1. The smallest absolute Gasteiger partial charge is 0.321 e. The lowest BCUT2D eigenvalue weighted by Crippen LogP contribution is -2.45. The van der Waals surface area contributed by atoms with Crippen LogP contribution < -0.4 is 10.0 Å². The van der Waals surface area contributed by atoms with Gasteiger partial charge in [-0.15, -0.1) is 0 Å². The van der Waals surface area contributed by atoms with Gasteiger partial charge in [-0.1, -0.05) is 17.7 Å². The number of amides is 2. The molecule has 22 heavy (non-hydrogen) atoms. The molecule has 1 atom stereocenters. The molecule has 1 aliphatic rings. The molecule has 0 radical (unpaired) electrons. The Hall–Kier alpha value is -1.60. The van der Waals surface area contributed by atoms with Crippen molar-refractivity contribution in [2.24, 2.45) is 5.92 Å². The first-order chi connectivity index (χ1) is 10.3. The van der Waals surface area contributed by atoms with E-state index >= 15 is 0 Å². The monoisotopic (exact) mass is 325 g/mol. The molecule has 1 heterocycles. The summed E-state index contributed by atoms with van der Waals surface area (Å²) >= 11 is 0. The number of likely N-dealkylation sites (tertiary alicyclic amines) is 1. The number of aryl methyl sites for hydroxylation is 1. The maximum absolute atomic E-state index is 12.3. The second kappa shape index (κ2) is 7.11. The third kappa shape index (κ3) is 5.31. The van der Waals surface area contributed by atoms with E-state index < -0.39 is 10.0 Å². The van der Waals surface area contributed by atoms with Crippen molar-refractivity contribution >= 4 is 21.7 Å². The Labute approximate surface area is 131 Å². The van der Waals surface area contributed by atoms with Crippen molar-refractivity contribution in [2.75, 3.05) is 31.2 Å². The van der Waals surface area contributed by atoms with Crippen LogP contribution in [0.4, 0.5) is 10.5 Å². The largest absolute Gasteiger partial charge is 0.324 e. The molecule has 0 spiro atoms. The predicted octanol–water partition coefficient (Wildman–Crippen LogP) is 1.79. The van der Waals surface area contributed by atoms with Gasteiger partial charge in [-0.3, -0.25) is 0 Å². The van der Waals surface area contributed by atoms with E-state index in [4.69, 9.17) is 0 Å². The van der Waals surface area contributed by atoms with Crippen molar-refractivity contribution in [1.82, 2.24) is 9.62 Å². The molecule has 2 N–H and O–H groups in total. The van der Waals surface area contributed by atoms with Crippen LogP contribution in [0.1, 0.15) is 18.4 Å². The molecular weight excluding hydrogens is 302 g/mol. The predicted molar refractivity (Wildman–Crippen MR) is 87.3 cm³/mol. The van der Waals surface area contributed by atoms with Crippen molar-refractivity contribution in [3.63, 3.8) is 0 Å². The highest BCUT2D eigenvalue weighted by molar-refractivity contribution is 7.88. The van der Waals surface area contributed by atoms with Crippen LogP contribution in [0.25, 0.3) is 0 Å². The SMILES string of the molecule is Cc1ccc(NC(=O)N2CCC[C@@H](CNS(C)(=O)=O)C2)cc1. The molecule has 0 aromatic heterocycles. The first-order valence-electron chi connectivity index (χ1n) is 7.41. The summed E-state index contributed by atoms with van der Waals surface area (Å²) < 4.78 is 24.8. The van der Waals surface area contributed by atoms with Gasteiger partial charge in [-0.05, 0) is 37.8 Å². The Balaban J connectivity index is 1.88. The number of carbonyl (C=O) groups is 1. The zero-order chi connectivity index (χ0) is 16.2. The molecule has 1 fully saturated rings. The van der Waals surface area contributed by atoms with Gasteiger partial charge in [0.2, 0.25) is 10.0 Å². The number of nitrogens with one attached hydrogen (secondary N) is 2. The molecule has 1 aromatic rings. The zero-order valence-corrected chi connectivity index (χ0v) is 13.8. The van der Waals surface area contributed by atoms with Crippen LogP contribution in [0.15, 0.2) is 24.3 Å². The number of carbonyl (C=O) groups excluding carboxylic acids is 1. The van der Waals surface area contributed by atoms with Crippen molar-refractivity contribution in [3.05, 3.63) is 29.8 Å². The van der Waals surface area contributed by atoms with Gasteiger partial charge in [0, 0.05) is 25.3 Å². The number of piperidine rings is 1. The Morgan fingerprint density at radius 1 is 1.32 bits per heavy atom. The van der Waals surface area contributed by atoms with Gasteiger partial charge < -0.3 is 10.2 Å². The summed E-state index contributed by atoms with van der Waals surface area (Å²) in [6, 6.07) is 7.52. The van der Waals surface area contributed by atoms with Gasteiger partial charge in [0.25, 0.3) is 0 Å². The van der Waals surface area contributed by atoms with Gasteiger partial charge in [0.05, 0.1) is 6.26 Å². The second-order valence-electron chi connectivity index (χ2n) is 5.87. The molecule has 0 saturated carbocycles. The van der Waals surface area contributed by atoms with Gasteiger partial charge in [0.1, 0.15) is 0 Å². The van der Waals surface area contributed by atoms with E-state index in [2.05, 4.69) is 10.0 Å². The normalized spacial score (nSPS) is 19.0. The highest BCUT2D eigenvalue weighted by Gasteiger charge is 2.24. The van der Waals surface area contributed by atoms with Gasteiger partial charge in [-0.2, -0.15) is 0 Å². The Morgan fingerprint density at radius 3 is 2.64 bits per heavy atom. The molecular formula is C15H23N3O3S. The summed E-state index contributed by atoms with van der Waals surface area (Å²) in [5.41, 5.74) is 1.91. The quantitative estimate of drug-likeness (QED) is 0.886. The van der Waals surface area contributed by atoms with Crippen molar-refractivity contribution in [3.8, 4) is 0 Å². The standard InChI is InChI=1S/C15H23N3O3S/c1-12-5-7-14(8-6-12)17-15(19)18-9-3-4-13(11-18)10-16-22(2,20)21/h5-8,13,16H,3-4,9-11H2,1-2H3,(H,17,19)/t13-/m0/s1. The summed E-state index contributed by atoms with van der Waals surface area (Å²) in [6.07, 6.45) is 2.96. The van der Waals surface area contributed by atoms with E-state index in [1.165, 1.54) is 0 Å². The van der Waals surface area contributed by atoms with E-state index in [9.17, 15) is 13.2 Å². The van der Waals surface area contributed by atoms with Crippen molar-refractivity contribution < 1.29 is 13.2 Å². The molecule has 0 aliphatic carbocycles. The molecule has 0 bridgehead atoms. The minimum absolute atomic E-state index is 0.132. The Kier molecular flexibility index (Phi) is 5.42. The molecule has 0 unspecified atom stereocenters. The minimum Gasteiger partial charge on any atom is -0.324 e. The zero-order valence-electron chi connectivity index (χ0n) is 13.0. The fourth-order valence-corrected chi connectivity index (χ4v) is 3.06. The lowest BCUT2D eigenvalue weighted by Gasteiger charge is -2.32. The van der Waals surface area contributed by atoms with Crippen LogP contribution in [0.5, 0.6) is 0 Å². The topological polar surface area (TPSA) is 78.5 Å². The third-order valence-corrected chi connectivity index (χ3v) is 4.43. The average molecular weight is 325 g/mol. The summed E-state index contributed by atoms with van der Waals surface area (Å²) in [5, 5.41) is 2.88. The number of sulfonamides is 1. The van der Waals surface area contributed by atoms with E-state index in [-0.39, 0.29) is 11.9 Å². The molecule has 1 saturated heterocycles. The average Bonchev–Trinajstić information content (AvgIpc) is 2.47. The number of rotatable bonds is 4. The van der Waals surface area contributed by atoms with Crippen LogP contribution in [-0.2, 0) is 10.0 Å². The third-order valence-electron chi connectivity index (χ3n) is 3.74. The molecule has 1 aliphatic heterocycles. The number of benzene rings is 1. The maximum Gasteiger partial charge on any atom is 0.321 e. The molecule has 6 nitrogen and oxygen atoms in total. The van der Waals surface area contributed by atoms with Crippen LogP contribution in [0.3, 0.4) is 0 Å². The summed E-state index contributed by atoms with van der Waals surface area (Å²) in [4.78, 5) is 14.0. The fraction of sp³-hybridized carbons (Fsp3) is 0.533. The number of nitrogens with zero attached hydrogens (tertiary/aromatic N) is 1. The van der Waals surface area contributed by atoms with Crippen molar-refractivity contribution in [1.29, 1.82) is 0 Å². The highest BCUT2D eigenvalue weighted by atomic mass is 32.2. The number of urea groups is 1. The summed E-state index contributed by atoms with van der Waals surface area (Å²) in [6.45, 7) is 3.65. The summed E-state index contributed by atoms with van der Waals surface area (Å²) in [5.74, 6) is 0.159. The van der Waals surface area contributed by atoms with Crippen LogP contribution in [-0.4, -0.2) is 45.2 Å². The molecule has 2 amide bonds. The van der Waals surface area contributed by atoms with E-state index in [0.29, 0.717) is 19.6 Å². The van der Waals surface area contributed by atoms with Crippen LogP contribution in [0, 0.1) is 12.8 Å². The molecule has 122 valence electrons. The number of hydrogen-bond acceptors (Lipinski definition) is 3. The van der Waals surface area contributed by atoms with E-state index in [0.717, 1.165) is 30.3 Å². The van der Waals surface area contributed by atoms with E-state index in [1.807, 2.05) is 31.2 Å². The van der Waals surface area contributed by atoms with Crippen LogP contribution in [0.2, 0.25) is 0 Å². The summed E-state index contributed by atoms with van der Waals surface area (Å²) in [7, 11) is -3.18. The Morgan fingerprint density at radius 2 is 2.00 bits per heavy atom. The van der Waals surface area contributed by atoms with Crippen LogP contribution >= 0.6 is 0 Å². The fourth-order valence-electron chi connectivity index (χ4n) is 2.52. The lowest BCUT2D eigenvalue weighted by atomic mass is 9.99. The van der Waals surface area contributed by atoms with Gasteiger partial charge >= 0.3 is 6.03 Å². The van der Waals surface area contributed by atoms with Gasteiger partial charge in [0.15, 0.2) is 0 Å². The maximum atomic E-state index is 12.3. The minimum atomic E-state index is -3.18. The molecule has 2 rings (SSSR count). The second-order valence-corrected chi connectivity index (χ2v) is 7.70. The first kappa shape index (κ1) is 16.8. The number of hydrogen-bond donors (Lipinski definition) is 2. The highest BCUT2D eigenvalue weighted by Crippen LogP contribution is 2.17.